The number of nitrogen functional groups attached to an aromatic ring is 1. The van der Waals surface area contributed by atoms with Crippen LogP contribution >= 0.6 is 23.4 Å². The molecule has 0 bridgehead atoms. The van der Waals surface area contributed by atoms with E-state index in [-0.39, 0.29) is 22.0 Å². The van der Waals surface area contributed by atoms with Crippen LogP contribution in [0.4, 0.5) is 5.69 Å². The van der Waals surface area contributed by atoms with Gasteiger partial charge in [0, 0.05) is 17.1 Å². The Kier molecular flexibility index (Phi) is 4.05. The van der Waals surface area contributed by atoms with Gasteiger partial charge < -0.3 is 10.8 Å². The van der Waals surface area contributed by atoms with Crippen LogP contribution in [0.25, 0.3) is 0 Å². The molecule has 0 fully saturated rings. The van der Waals surface area contributed by atoms with Gasteiger partial charge in [-0.3, -0.25) is 4.57 Å². The molecule has 0 aliphatic rings. The SMILES string of the molecule is CCn1c(Sc2c(Cl)cc(N)cc2C(=O)O)n[nH]c1=O. The molecule has 20 heavy (non-hydrogen) atoms. The summed E-state index contributed by atoms with van der Waals surface area (Å²) in [5, 5.41) is 15.9. The first-order chi connectivity index (χ1) is 9.43. The fraction of sp³-hybridized carbons (Fsp3) is 0.182. The zero-order valence-electron chi connectivity index (χ0n) is 10.4. The number of nitrogens with two attached hydrogens (primary N) is 1. The molecule has 0 saturated carbocycles. The summed E-state index contributed by atoms with van der Waals surface area (Å²) in [5.41, 5.74) is 5.45. The van der Waals surface area contributed by atoms with E-state index in [2.05, 4.69) is 10.2 Å². The number of nitrogens with zero attached hydrogens (tertiary/aromatic N) is 2. The molecule has 2 rings (SSSR count). The van der Waals surface area contributed by atoms with Gasteiger partial charge in [-0.2, -0.15) is 0 Å². The number of anilines is 1. The first-order valence-corrected chi connectivity index (χ1v) is 6.78. The minimum Gasteiger partial charge on any atom is -0.478 e. The van der Waals surface area contributed by atoms with Gasteiger partial charge in [0.2, 0.25) is 0 Å². The summed E-state index contributed by atoms with van der Waals surface area (Å²) in [6.45, 7) is 2.19. The van der Waals surface area contributed by atoms with E-state index in [1.165, 1.54) is 16.7 Å². The first-order valence-electron chi connectivity index (χ1n) is 5.59. The lowest BCUT2D eigenvalue weighted by Gasteiger charge is -2.09. The van der Waals surface area contributed by atoms with E-state index in [1.807, 2.05) is 0 Å². The second kappa shape index (κ2) is 5.59. The van der Waals surface area contributed by atoms with Crippen LogP contribution in [0.15, 0.2) is 27.0 Å². The van der Waals surface area contributed by atoms with Crippen molar-refractivity contribution in [1.82, 2.24) is 14.8 Å². The molecule has 0 saturated heterocycles. The number of aromatic carboxylic acids is 1. The highest BCUT2D eigenvalue weighted by atomic mass is 35.5. The van der Waals surface area contributed by atoms with Gasteiger partial charge in [0.15, 0.2) is 5.16 Å². The molecule has 106 valence electrons. The molecule has 0 amide bonds. The summed E-state index contributed by atoms with van der Waals surface area (Å²) in [7, 11) is 0. The number of rotatable bonds is 4. The van der Waals surface area contributed by atoms with Crippen molar-refractivity contribution in [2.24, 2.45) is 0 Å². The lowest BCUT2D eigenvalue weighted by molar-refractivity contribution is 0.0693. The Morgan fingerprint density at radius 1 is 1.60 bits per heavy atom. The van der Waals surface area contributed by atoms with E-state index >= 15 is 0 Å². The maximum absolute atomic E-state index is 11.5. The van der Waals surface area contributed by atoms with Crippen molar-refractivity contribution in [1.29, 1.82) is 0 Å². The standard InChI is InChI=1S/C11H11ClN4O3S/c1-2-16-10(19)14-15-11(16)20-8-6(9(17)18)3-5(13)4-7(8)12/h3-4H,2,13H2,1H3,(H,14,19)(H,17,18). The second-order valence-electron chi connectivity index (χ2n) is 3.84. The number of aromatic nitrogens is 3. The molecule has 0 spiro atoms. The van der Waals surface area contributed by atoms with Crippen molar-refractivity contribution in [2.75, 3.05) is 5.73 Å². The van der Waals surface area contributed by atoms with Crippen molar-refractivity contribution in [3.8, 4) is 0 Å². The van der Waals surface area contributed by atoms with Gasteiger partial charge in [0.25, 0.3) is 0 Å². The van der Waals surface area contributed by atoms with E-state index < -0.39 is 5.97 Å². The second-order valence-corrected chi connectivity index (χ2v) is 5.23. The van der Waals surface area contributed by atoms with E-state index in [0.717, 1.165) is 11.8 Å². The number of carboxylic acids is 1. The van der Waals surface area contributed by atoms with Crippen molar-refractivity contribution >= 4 is 35.0 Å². The summed E-state index contributed by atoms with van der Waals surface area (Å²) >= 11 is 7.04. The van der Waals surface area contributed by atoms with Crippen LogP contribution < -0.4 is 11.4 Å². The lowest BCUT2D eigenvalue weighted by Crippen LogP contribution is -2.16. The molecular formula is C11H11ClN4O3S. The topological polar surface area (TPSA) is 114 Å². The number of carbonyl (C=O) groups is 1. The molecule has 7 nitrogen and oxygen atoms in total. The van der Waals surface area contributed by atoms with Gasteiger partial charge in [0.1, 0.15) is 0 Å². The Balaban J connectivity index is 2.53. The Morgan fingerprint density at radius 2 is 2.30 bits per heavy atom. The first kappa shape index (κ1) is 14.5. The Hall–Kier alpha value is -1.93. The average Bonchev–Trinajstić information content (AvgIpc) is 2.72. The Labute approximate surface area is 122 Å². The molecule has 0 radical (unpaired) electrons. The predicted octanol–water partition coefficient (Wildman–Crippen LogP) is 1.68. The molecular weight excluding hydrogens is 304 g/mol. The third-order valence-electron chi connectivity index (χ3n) is 2.53. The fourth-order valence-electron chi connectivity index (χ4n) is 1.63. The number of halogens is 1. The Morgan fingerprint density at radius 3 is 2.90 bits per heavy atom. The number of hydrogen-bond acceptors (Lipinski definition) is 5. The average molecular weight is 315 g/mol. The lowest BCUT2D eigenvalue weighted by atomic mass is 10.2. The van der Waals surface area contributed by atoms with Gasteiger partial charge in [0.05, 0.1) is 10.6 Å². The molecule has 1 aromatic heterocycles. The highest BCUT2D eigenvalue weighted by molar-refractivity contribution is 7.99. The van der Waals surface area contributed by atoms with E-state index in [9.17, 15) is 14.7 Å². The third-order valence-corrected chi connectivity index (χ3v) is 4.08. The van der Waals surface area contributed by atoms with Crippen LogP contribution in [0.1, 0.15) is 17.3 Å². The van der Waals surface area contributed by atoms with Crippen molar-refractivity contribution in [3.05, 3.63) is 33.2 Å². The van der Waals surface area contributed by atoms with Crippen LogP contribution in [-0.2, 0) is 6.54 Å². The highest BCUT2D eigenvalue weighted by Crippen LogP contribution is 2.36. The van der Waals surface area contributed by atoms with Crippen LogP contribution in [0.2, 0.25) is 5.02 Å². The van der Waals surface area contributed by atoms with Crippen molar-refractivity contribution < 1.29 is 9.90 Å². The monoisotopic (exact) mass is 314 g/mol. The molecule has 1 heterocycles. The number of aromatic amines is 1. The summed E-state index contributed by atoms with van der Waals surface area (Å²) in [5.74, 6) is -1.15. The summed E-state index contributed by atoms with van der Waals surface area (Å²) in [6.07, 6.45) is 0. The van der Waals surface area contributed by atoms with Gasteiger partial charge in [-0.1, -0.05) is 11.6 Å². The van der Waals surface area contributed by atoms with Gasteiger partial charge in [-0.05, 0) is 30.8 Å². The Bertz CT molecular complexity index is 725. The van der Waals surface area contributed by atoms with Crippen LogP contribution in [0.3, 0.4) is 0 Å². The van der Waals surface area contributed by atoms with Gasteiger partial charge in [-0.25, -0.2) is 14.7 Å². The molecule has 4 N–H and O–H groups in total. The third kappa shape index (κ3) is 2.66. The zero-order chi connectivity index (χ0) is 14.9. The molecule has 0 unspecified atom stereocenters. The number of benzene rings is 1. The molecule has 0 aliphatic carbocycles. The maximum Gasteiger partial charge on any atom is 0.343 e. The van der Waals surface area contributed by atoms with E-state index in [1.54, 1.807) is 6.92 Å². The number of carboxylic acid groups (broad SMARTS) is 1. The quantitative estimate of drug-likeness (QED) is 0.740. The number of hydrogen-bond donors (Lipinski definition) is 3. The van der Waals surface area contributed by atoms with Gasteiger partial charge >= 0.3 is 11.7 Å². The normalized spacial score (nSPS) is 10.7. The summed E-state index contributed by atoms with van der Waals surface area (Å²) in [6, 6.07) is 2.77. The number of H-pyrrole nitrogens is 1. The molecule has 9 heteroatoms. The molecule has 1 aromatic carbocycles. The minimum absolute atomic E-state index is 0.0295. The van der Waals surface area contributed by atoms with Crippen molar-refractivity contribution in [3.63, 3.8) is 0 Å². The maximum atomic E-state index is 11.5. The van der Waals surface area contributed by atoms with E-state index in [0.29, 0.717) is 16.6 Å². The van der Waals surface area contributed by atoms with Crippen LogP contribution in [-0.4, -0.2) is 25.8 Å². The molecule has 0 aliphatic heterocycles. The molecule has 2 aromatic rings. The van der Waals surface area contributed by atoms with Crippen LogP contribution in [0, 0.1) is 0 Å². The summed E-state index contributed by atoms with van der Waals surface area (Å²) < 4.78 is 1.38. The smallest absolute Gasteiger partial charge is 0.343 e. The number of nitrogens with one attached hydrogen (secondary N) is 1. The largest absolute Gasteiger partial charge is 0.478 e. The van der Waals surface area contributed by atoms with E-state index in [4.69, 9.17) is 17.3 Å². The highest BCUT2D eigenvalue weighted by Gasteiger charge is 2.19. The summed E-state index contributed by atoms with van der Waals surface area (Å²) in [4.78, 5) is 23.0. The molecule has 0 atom stereocenters. The predicted molar refractivity (Wildman–Crippen MR) is 75.5 cm³/mol. The van der Waals surface area contributed by atoms with Crippen molar-refractivity contribution in [2.45, 2.75) is 23.5 Å². The fourth-order valence-corrected chi connectivity index (χ4v) is 2.98. The minimum atomic E-state index is -1.15. The van der Waals surface area contributed by atoms with Crippen LogP contribution in [0.5, 0.6) is 0 Å². The zero-order valence-corrected chi connectivity index (χ0v) is 12.0. The van der Waals surface area contributed by atoms with Gasteiger partial charge in [-0.15, -0.1) is 5.10 Å².